The van der Waals surface area contributed by atoms with Gasteiger partial charge in [0.1, 0.15) is 6.54 Å². The fraction of sp³-hybridized carbons (Fsp3) is 0.245. The van der Waals surface area contributed by atoms with Crippen molar-refractivity contribution in [2.24, 2.45) is 5.92 Å². The van der Waals surface area contributed by atoms with Crippen LogP contribution in [0.4, 0.5) is 11.4 Å². The Kier molecular flexibility index (Phi) is 8.51. The average Bonchev–Trinajstić information content (AvgIpc) is 3.51. The molecule has 2 atom stereocenters. The van der Waals surface area contributed by atoms with Gasteiger partial charge in [0.15, 0.2) is 5.71 Å². The third-order valence-electron chi connectivity index (χ3n) is 11.6. The highest BCUT2D eigenvalue weighted by molar-refractivity contribution is 6.08. The van der Waals surface area contributed by atoms with Gasteiger partial charge in [-0.1, -0.05) is 141 Å². The molecule has 51 heavy (non-hydrogen) atoms. The van der Waals surface area contributed by atoms with Crippen molar-refractivity contribution in [1.29, 1.82) is 0 Å². The van der Waals surface area contributed by atoms with E-state index in [9.17, 15) is 0 Å². The summed E-state index contributed by atoms with van der Waals surface area (Å²) in [5.41, 5.74) is 10.5. The molecule has 0 aromatic heterocycles. The summed E-state index contributed by atoms with van der Waals surface area (Å²) in [6, 6.07) is 49.2. The molecule has 6 aromatic rings. The van der Waals surface area contributed by atoms with Crippen LogP contribution in [0.25, 0.3) is 21.5 Å². The van der Waals surface area contributed by atoms with Crippen LogP contribution in [0.2, 0.25) is 0 Å². The summed E-state index contributed by atoms with van der Waals surface area (Å²) in [4.78, 5) is 2.46. The molecule has 0 bridgehead atoms. The number of benzene rings is 6. The largest absolute Gasteiger partial charge is 0.347 e. The highest BCUT2D eigenvalue weighted by Gasteiger charge is 2.49. The molecule has 2 unspecified atom stereocenters. The Hall–Kier alpha value is -5.21. The summed E-state index contributed by atoms with van der Waals surface area (Å²) in [6.07, 6.45) is 10.2. The van der Waals surface area contributed by atoms with E-state index in [1.54, 1.807) is 0 Å². The normalized spacial score (nSPS) is 20.7. The first-order valence-corrected chi connectivity index (χ1v) is 18.7. The summed E-state index contributed by atoms with van der Waals surface area (Å²) >= 11 is 0. The Balaban J connectivity index is 1.29. The van der Waals surface area contributed by atoms with Crippen molar-refractivity contribution in [2.45, 2.75) is 57.8 Å². The van der Waals surface area contributed by atoms with Gasteiger partial charge in [-0.25, -0.2) is 0 Å². The molecule has 0 saturated carbocycles. The molecule has 2 aliphatic rings. The van der Waals surface area contributed by atoms with Gasteiger partial charge in [0.2, 0.25) is 5.69 Å². The molecule has 2 heterocycles. The minimum atomic E-state index is -0.211. The second-order valence-corrected chi connectivity index (χ2v) is 15.5. The van der Waals surface area contributed by atoms with E-state index in [1.165, 1.54) is 66.6 Å². The zero-order valence-electron chi connectivity index (χ0n) is 30.7. The minimum Gasteiger partial charge on any atom is -0.347 e. The van der Waals surface area contributed by atoms with Gasteiger partial charge in [-0.05, 0) is 77.6 Å². The maximum atomic E-state index is 2.64. The number of rotatable bonds is 9. The fourth-order valence-corrected chi connectivity index (χ4v) is 9.11. The van der Waals surface area contributed by atoms with Crippen molar-refractivity contribution in [3.05, 3.63) is 180 Å². The van der Waals surface area contributed by atoms with Crippen molar-refractivity contribution in [3.63, 3.8) is 0 Å². The number of hydrogen-bond donors (Lipinski definition) is 0. The monoisotopic (exact) mass is 665 g/mol. The molecule has 2 heteroatoms. The van der Waals surface area contributed by atoms with Crippen LogP contribution in [0.1, 0.15) is 56.4 Å². The Morgan fingerprint density at radius 3 is 1.88 bits per heavy atom. The second kappa shape index (κ2) is 13.2. The molecule has 254 valence electrons. The van der Waals surface area contributed by atoms with Crippen molar-refractivity contribution >= 4 is 38.6 Å². The van der Waals surface area contributed by atoms with Crippen molar-refractivity contribution in [2.75, 3.05) is 18.5 Å². The number of fused-ring (bicyclic) bond motifs is 6. The SMILES string of the molecule is CC(C)CC[N+]1=C(/C=C/C=C2/N(C)c3c(ccc4ccccc34)C2(C)Cc2ccccc2)C(C)(Cc2ccccc2)c2c1ccc1ccccc21. The predicted octanol–water partition coefficient (Wildman–Crippen LogP) is 11.7. The third-order valence-corrected chi connectivity index (χ3v) is 11.6. The molecule has 0 saturated heterocycles. The highest BCUT2D eigenvalue weighted by Crippen LogP contribution is 2.52. The third kappa shape index (κ3) is 5.72. The number of hydrogen-bond acceptors (Lipinski definition) is 1. The van der Waals surface area contributed by atoms with Gasteiger partial charge in [0.25, 0.3) is 0 Å². The van der Waals surface area contributed by atoms with Crippen LogP contribution in [-0.2, 0) is 23.7 Å². The van der Waals surface area contributed by atoms with Crippen molar-refractivity contribution < 1.29 is 4.58 Å². The zero-order valence-corrected chi connectivity index (χ0v) is 30.7. The van der Waals surface area contributed by atoms with Gasteiger partial charge in [0, 0.05) is 47.7 Å². The van der Waals surface area contributed by atoms with Crippen LogP contribution in [0.15, 0.2) is 157 Å². The van der Waals surface area contributed by atoms with E-state index in [0.29, 0.717) is 5.92 Å². The maximum absolute atomic E-state index is 2.64. The smallest absolute Gasteiger partial charge is 0.210 e. The summed E-state index contributed by atoms with van der Waals surface area (Å²) in [6.45, 7) is 10.6. The quantitative estimate of drug-likeness (QED) is 0.139. The second-order valence-electron chi connectivity index (χ2n) is 15.5. The van der Waals surface area contributed by atoms with Gasteiger partial charge in [0.05, 0.1) is 11.1 Å². The number of likely N-dealkylation sites (N-methyl/N-ethyl adjacent to an activating group) is 1. The van der Waals surface area contributed by atoms with E-state index in [-0.39, 0.29) is 10.8 Å². The molecule has 0 N–H and O–H groups in total. The predicted molar refractivity (Wildman–Crippen MR) is 218 cm³/mol. The van der Waals surface area contributed by atoms with Crippen LogP contribution < -0.4 is 4.90 Å². The molecule has 0 fully saturated rings. The molecular formula is C49H49N2+. The highest BCUT2D eigenvalue weighted by atomic mass is 15.2. The lowest BCUT2D eigenvalue weighted by Crippen LogP contribution is -2.34. The minimum absolute atomic E-state index is 0.190. The molecule has 2 aliphatic heterocycles. The van der Waals surface area contributed by atoms with Gasteiger partial charge < -0.3 is 4.90 Å². The average molecular weight is 666 g/mol. The first-order chi connectivity index (χ1) is 24.8. The fourth-order valence-electron chi connectivity index (χ4n) is 9.11. The number of nitrogens with zero attached hydrogens (tertiary/aromatic N) is 2. The first kappa shape index (κ1) is 33.0. The summed E-state index contributed by atoms with van der Waals surface area (Å²) < 4.78 is 2.64. The van der Waals surface area contributed by atoms with Crippen molar-refractivity contribution in [1.82, 2.24) is 0 Å². The van der Waals surface area contributed by atoms with E-state index in [0.717, 1.165) is 25.8 Å². The van der Waals surface area contributed by atoms with Crippen LogP contribution in [0.3, 0.4) is 0 Å². The van der Waals surface area contributed by atoms with E-state index in [4.69, 9.17) is 0 Å². The molecule has 2 nitrogen and oxygen atoms in total. The van der Waals surface area contributed by atoms with Gasteiger partial charge >= 0.3 is 0 Å². The Labute approximate surface area is 304 Å². The topological polar surface area (TPSA) is 6.25 Å². The molecule has 0 amide bonds. The lowest BCUT2D eigenvalue weighted by molar-refractivity contribution is -0.439. The van der Waals surface area contributed by atoms with Crippen LogP contribution in [-0.4, -0.2) is 23.9 Å². The summed E-state index contributed by atoms with van der Waals surface area (Å²) in [5, 5.41) is 5.26. The van der Waals surface area contributed by atoms with E-state index in [1.807, 2.05) is 0 Å². The van der Waals surface area contributed by atoms with Crippen LogP contribution >= 0.6 is 0 Å². The molecule has 0 aliphatic carbocycles. The lowest BCUT2D eigenvalue weighted by atomic mass is 9.73. The molecular weight excluding hydrogens is 617 g/mol. The van der Waals surface area contributed by atoms with E-state index in [2.05, 4.69) is 196 Å². The molecule has 0 spiro atoms. The van der Waals surface area contributed by atoms with Gasteiger partial charge in [-0.15, -0.1) is 0 Å². The Bertz CT molecular complexity index is 2330. The molecule has 6 aromatic carbocycles. The Morgan fingerprint density at radius 2 is 1.22 bits per heavy atom. The van der Waals surface area contributed by atoms with Crippen LogP contribution in [0, 0.1) is 5.92 Å². The van der Waals surface area contributed by atoms with E-state index >= 15 is 0 Å². The van der Waals surface area contributed by atoms with Crippen molar-refractivity contribution in [3.8, 4) is 0 Å². The standard InChI is InChI=1S/C49H49N2/c1-35(2)31-32-51-43-30-28-38-21-12-14-23-40(38)46(43)49(4,34-37-19-10-7-11-20-37)45(51)26-16-25-44-48(3,33-36-17-8-6-9-18-36)42-29-27-39-22-13-15-24-41(39)47(42)50(44)5/h6-30,35H,31-34H2,1-5H3/q+1. The first-order valence-electron chi connectivity index (χ1n) is 18.7. The maximum Gasteiger partial charge on any atom is 0.210 e. The molecule has 8 rings (SSSR count). The Morgan fingerprint density at radius 1 is 0.647 bits per heavy atom. The number of anilines is 1. The van der Waals surface area contributed by atoms with Gasteiger partial charge in [-0.3, -0.25) is 0 Å². The zero-order chi connectivity index (χ0) is 35.2. The summed E-state index contributed by atoms with van der Waals surface area (Å²) in [7, 11) is 2.26. The summed E-state index contributed by atoms with van der Waals surface area (Å²) in [5.74, 6) is 0.612. The van der Waals surface area contributed by atoms with Gasteiger partial charge in [-0.2, -0.15) is 4.58 Å². The van der Waals surface area contributed by atoms with E-state index < -0.39 is 0 Å². The van der Waals surface area contributed by atoms with Crippen LogP contribution in [0.5, 0.6) is 0 Å². The lowest BCUT2D eigenvalue weighted by Gasteiger charge is -2.29. The molecule has 0 radical (unpaired) electrons. The number of allylic oxidation sites excluding steroid dienone is 4.